The Morgan fingerprint density at radius 2 is 1.70 bits per heavy atom. The highest BCUT2D eigenvalue weighted by atomic mass is 16.5. The fraction of sp³-hybridized carbons (Fsp3) is 0.741. The molecular formula is C27H40O6. The lowest BCUT2D eigenvalue weighted by atomic mass is 9.44. The summed E-state index contributed by atoms with van der Waals surface area (Å²) in [5.41, 5.74) is -0.0403. The second kappa shape index (κ2) is 7.96. The summed E-state index contributed by atoms with van der Waals surface area (Å²) in [5, 5.41) is 32.6. The molecular weight excluding hydrogens is 420 g/mol. The minimum absolute atomic E-state index is 0.0120. The van der Waals surface area contributed by atoms with Crippen molar-refractivity contribution in [3.05, 3.63) is 39.5 Å². The lowest BCUT2D eigenvalue weighted by Gasteiger charge is -2.62. The van der Waals surface area contributed by atoms with Crippen molar-refractivity contribution >= 4 is 0 Å². The molecule has 33 heavy (non-hydrogen) atoms. The van der Waals surface area contributed by atoms with Crippen LogP contribution in [0.5, 0.6) is 5.75 Å². The number of aliphatic hydroxyl groups is 2. The average molecular weight is 461 g/mol. The summed E-state index contributed by atoms with van der Waals surface area (Å²) in [6.07, 6.45) is 2.79. The molecule has 1 aliphatic heterocycles. The molecule has 0 spiro atoms. The second-order valence-corrected chi connectivity index (χ2v) is 11.8. The molecule has 3 aliphatic rings. The Balaban J connectivity index is 1.76. The largest absolute Gasteiger partial charge is 0.507 e. The van der Waals surface area contributed by atoms with Crippen molar-refractivity contribution in [2.24, 2.45) is 22.7 Å². The van der Waals surface area contributed by atoms with E-state index in [2.05, 4.69) is 20.4 Å². The number of fused-ring (bicyclic) bond motifs is 3. The van der Waals surface area contributed by atoms with Crippen LogP contribution in [0.25, 0.3) is 0 Å². The third kappa shape index (κ3) is 3.69. The molecule has 2 heterocycles. The van der Waals surface area contributed by atoms with Crippen LogP contribution in [0, 0.1) is 36.5 Å². The summed E-state index contributed by atoms with van der Waals surface area (Å²) < 4.78 is 11.9. The standard InChI is InChI=1S/C27H40O6/c1-14-16(3)32-24(31)17(23(14)30)12-18-15(2)19(28)13-20-26(18,6)11-9-22-27(20,7)10-8-21(29)25(4,5)33-22/h18-22,28-30H,2,8-13H2,1,3-7H3/t18-,19-,20-,21+,22-,26-,27-/m1/s1. The smallest absolute Gasteiger partial charge is 0.342 e. The van der Waals surface area contributed by atoms with Crippen molar-refractivity contribution in [1.29, 1.82) is 0 Å². The lowest BCUT2D eigenvalue weighted by molar-refractivity contribution is -0.204. The van der Waals surface area contributed by atoms with Crippen molar-refractivity contribution in [1.82, 2.24) is 0 Å². The molecule has 0 amide bonds. The van der Waals surface area contributed by atoms with E-state index < -0.39 is 23.4 Å². The van der Waals surface area contributed by atoms with Crippen molar-refractivity contribution in [2.75, 3.05) is 0 Å². The summed E-state index contributed by atoms with van der Waals surface area (Å²) in [6.45, 7) is 16.1. The Hall–Kier alpha value is -1.63. The highest BCUT2D eigenvalue weighted by Gasteiger charge is 2.61. The van der Waals surface area contributed by atoms with Crippen LogP contribution in [-0.2, 0) is 11.2 Å². The van der Waals surface area contributed by atoms with Crippen LogP contribution in [0.1, 0.15) is 76.7 Å². The summed E-state index contributed by atoms with van der Waals surface area (Å²) >= 11 is 0. The first-order valence-corrected chi connectivity index (χ1v) is 12.3. The Morgan fingerprint density at radius 3 is 2.36 bits per heavy atom. The first kappa shape index (κ1) is 24.5. The second-order valence-electron chi connectivity index (χ2n) is 11.8. The number of aryl methyl sites for hydroxylation is 1. The maximum Gasteiger partial charge on any atom is 0.342 e. The molecule has 4 rings (SSSR count). The predicted octanol–water partition coefficient (Wildman–Crippen LogP) is 4.18. The molecule has 7 atom stereocenters. The maximum absolute atomic E-state index is 12.7. The first-order valence-electron chi connectivity index (χ1n) is 12.3. The molecule has 184 valence electrons. The van der Waals surface area contributed by atoms with E-state index in [1.54, 1.807) is 13.8 Å². The SMILES string of the molecule is C=C1[C@H](O)C[C@@H]2[C@](C)(CC[C@H]3OC(C)(C)[C@@H](O)CC[C@]23C)[C@@H]1Cc1c(O)c(C)c(C)oc1=O. The van der Waals surface area contributed by atoms with Gasteiger partial charge in [0.15, 0.2) is 0 Å². The van der Waals surface area contributed by atoms with Gasteiger partial charge >= 0.3 is 5.63 Å². The molecule has 6 nitrogen and oxygen atoms in total. The number of rotatable bonds is 2. The van der Waals surface area contributed by atoms with Crippen molar-refractivity contribution in [2.45, 2.75) is 104 Å². The van der Waals surface area contributed by atoms with Gasteiger partial charge in [-0.15, -0.1) is 0 Å². The molecule has 1 aromatic heterocycles. The van der Waals surface area contributed by atoms with E-state index in [4.69, 9.17) is 9.15 Å². The first-order chi connectivity index (χ1) is 15.2. The van der Waals surface area contributed by atoms with E-state index in [0.717, 1.165) is 24.8 Å². The minimum atomic E-state index is -0.689. The van der Waals surface area contributed by atoms with Crippen LogP contribution in [0.3, 0.4) is 0 Å². The van der Waals surface area contributed by atoms with Crippen LogP contribution >= 0.6 is 0 Å². The van der Waals surface area contributed by atoms with E-state index in [1.165, 1.54) is 0 Å². The van der Waals surface area contributed by atoms with Gasteiger partial charge in [0, 0.05) is 5.56 Å². The quantitative estimate of drug-likeness (QED) is 0.573. The summed E-state index contributed by atoms with van der Waals surface area (Å²) in [7, 11) is 0. The van der Waals surface area contributed by atoms with E-state index in [1.807, 2.05) is 13.8 Å². The number of hydrogen-bond acceptors (Lipinski definition) is 6. The van der Waals surface area contributed by atoms with Crippen molar-refractivity contribution < 1.29 is 24.5 Å². The zero-order valence-corrected chi connectivity index (χ0v) is 20.9. The van der Waals surface area contributed by atoms with E-state index in [-0.39, 0.29) is 46.5 Å². The molecule has 1 aromatic rings. The molecule has 0 radical (unpaired) electrons. The third-order valence-electron chi connectivity index (χ3n) is 9.68. The van der Waals surface area contributed by atoms with Gasteiger partial charge in [0.2, 0.25) is 0 Å². The highest BCUT2D eigenvalue weighted by molar-refractivity contribution is 5.40. The predicted molar refractivity (Wildman–Crippen MR) is 126 cm³/mol. The highest BCUT2D eigenvalue weighted by Crippen LogP contribution is 2.64. The van der Waals surface area contributed by atoms with Gasteiger partial charge < -0.3 is 24.5 Å². The molecule has 6 heteroatoms. The molecule has 0 unspecified atom stereocenters. The average Bonchev–Trinajstić information content (AvgIpc) is 2.82. The molecule has 3 fully saturated rings. The van der Waals surface area contributed by atoms with Gasteiger partial charge in [0.25, 0.3) is 0 Å². The van der Waals surface area contributed by atoms with Gasteiger partial charge in [-0.25, -0.2) is 4.79 Å². The maximum atomic E-state index is 12.7. The van der Waals surface area contributed by atoms with Crippen molar-refractivity contribution in [3.8, 4) is 5.75 Å². The van der Waals surface area contributed by atoms with Crippen LogP contribution < -0.4 is 5.63 Å². The fourth-order valence-corrected chi connectivity index (χ4v) is 7.19. The minimum Gasteiger partial charge on any atom is -0.507 e. The summed E-state index contributed by atoms with van der Waals surface area (Å²) in [4.78, 5) is 12.7. The van der Waals surface area contributed by atoms with E-state index in [0.29, 0.717) is 24.2 Å². The van der Waals surface area contributed by atoms with E-state index in [9.17, 15) is 20.1 Å². The molecule has 1 saturated heterocycles. The van der Waals surface area contributed by atoms with Gasteiger partial charge in [-0.1, -0.05) is 20.4 Å². The number of hydrogen-bond donors (Lipinski definition) is 3. The zero-order valence-electron chi connectivity index (χ0n) is 20.9. The lowest BCUT2D eigenvalue weighted by Crippen LogP contribution is -2.59. The molecule has 0 aromatic carbocycles. The number of ether oxygens (including phenoxy) is 1. The summed E-state index contributed by atoms with van der Waals surface area (Å²) in [6, 6.07) is 0. The van der Waals surface area contributed by atoms with E-state index >= 15 is 0 Å². The van der Waals surface area contributed by atoms with Gasteiger partial charge in [0.1, 0.15) is 11.5 Å². The van der Waals surface area contributed by atoms with Crippen LogP contribution in [-0.4, -0.2) is 39.2 Å². The Bertz CT molecular complexity index is 1010. The van der Waals surface area contributed by atoms with Crippen LogP contribution in [0.15, 0.2) is 21.4 Å². The Kier molecular flexibility index (Phi) is 5.91. The molecule has 2 saturated carbocycles. The summed E-state index contributed by atoms with van der Waals surface area (Å²) in [5.74, 6) is 0.342. The van der Waals surface area contributed by atoms with Crippen molar-refractivity contribution in [3.63, 3.8) is 0 Å². The van der Waals surface area contributed by atoms with Gasteiger partial charge in [0.05, 0.1) is 29.5 Å². The van der Waals surface area contributed by atoms with Gasteiger partial charge in [-0.05, 0) is 94.5 Å². The van der Waals surface area contributed by atoms with Crippen LogP contribution in [0.4, 0.5) is 0 Å². The van der Waals surface area contributed by atoms with Gasteiger partial charge in [-0.3, -0.25) is 0 Å². The van der Waals surface area contributed by atoms with Gasteiger partial charge in [-0.2, -0.15) is 0 Å². The Morgan fingerprint density at radius 1 is 1.06 bits per heavy atom. The topological polar surface area (TPSA) is 100 Å². The third-order valence-corrected chi connectivity index (χ3v) is 9.68. The zero-order chi connectivity index (χ0) is 24.5. The monoisotopic (exact) mass is 460 g/mol. The van der Waals surface area contributed by atoms with Crippen LogP contribution in [0.2, 0.25) is 0 Å². The molecule has 2 aliphatic carbocycles. The molecule has 3 N–H and O–H groups in total. The normalized spacial score (nSPS) is 40.6. The number of aliphatic hydroxyl groups excluding tert-OH is 2. The fourth-order valence-electron chi connectivity index (χ4n) is 7.19. The Labute approximate surface area is 196 Å². The molecule has 0 bridgehead atoms. The number of aromatic hydroxyl groups is 1.